The van der Waals surface area contributed by atoms with Crippen molar-refractivity contribution in [1.29, 1.82) is 0 Å². The van der Waals surface area contributed by atoms with Gasteiger partial charge in [0.05, 0.1) is 11.1 Å². The fourth-order valence-electron chi connectivity index (χ4n) is 4.03. The van der Waals surface area contributed by atoms with Gasteiger partial charge in [-0.15, -0.1) is 0 Å². The van der Waals surface area contributed by atoms with E-state index in [-0.39, 0.29) is 5.78 Å². The molecule has 0 spiro atoms. The Hall–Kier alpha value is -2.89. The summed E-state index contributed by atoms with van der Waals surface area (Å²) in [5, 5.41) is 0. The Kier molecular flexibility index (Phi) is 5.62. The topological polar surface area (TPSA) is 38.8 Å². The first-order valence-corrected chi connectivity index (χ1v) is 11.2. The normalized spacial score (nSPS) is 16.5. The Labute approximate surface area is 190 Å². The molecule has 0 aliphatic carbocycles. The first-order chi connectivity index (χ1) is 15.2. The summed E-state index contributed by atoms with van der Waals surface area (Å²) in [6.07, 6.45) is 3.87. The molecule has 0 saturated carbocycles. The molecular weight excluding hydrogens is 454 g/mol. The van der Waals surface area contributed by atoms with Crippen molar-refractivity contribution >= 4 is 27.8 Å². The van der Waals surface area contributed by atoms with Crippen molar-refractivity contribution in [1.82, 2.24) is 4.90 Å². The minimum atomic E-state index is -0.0882. The largest absolute Gasteiger partial charge is 0.478 e. The summed E-state index contributed by atoms with van der Waals surface area (Å²) in [6, 6.07) is 22.0. The molecule has 0 fully saturated rings. The summed E-state index contributed by atoms with van der Waals surface area (Å²) in [4.78, 5) is 15.2. The van der Waals surface area contributed by atoms with Crippen LogP contribution in [0.15, 0.2) is 77.0 Å². The van der Waals surface area contributed by atoms with Gasteiger partial charge in [-0.05, 0) is 48.2 Å². The number of hydrogen-bond acceptors (Lipinski definition) is 4. The average Bonchev–Trinajstić information content (AvgIpc) is 3.12. The van der Waals surface area contributed by atoms with E-state index in [2.05, 4.69) is 45.1 Å². The summed E-state index contributed by atoms with van der Waals surface area (Å²) in [5.74, 6) is 1.69. The smallest absolute Gasteiger partial charge is 0.231 e. The van der Waals surface area contributed by atoms with E-state index >= 15 is 0 Å². The van der Waals surface area contributed by atoms with Gasteiger partial charge < -0.3 is 9.47 Å². The van der Waals surface area contributed by atoms with Gasteiger partial charge in [0.1, 0.15) is 18.2 Å². The minimum absolute atomic E-state index is 0.0882. The number of hydrogen-bond donors (Lipinski definition) is 0. The lowest BCUT2D eigenvalue weighted by Gasteiger charge is -2.29. The van der Waals surface area contributed by atoms with Crippen molar-refractivity contribution < 1.29 is 14.3 Å². The van der Waals surface area contributed by atoms with Gasteiger partial charge in [0.25, 0.3) is 0 Å². The molecule has 3 aromatic carbocycles. The van der Waals surface area contributed by atoms with Crippen LogP contribution in [-0.2, 0) is 13.0 Å². The summed E-state index contributed by atoms with van der Waals surface area (Å²) in [5.41, 5.74) is 3.81. The lowest BCUT2D eigenvalue weighted by atomic mass is 10.0. The number of rotatable bonds is 5. The molecule has 0 unspecified atom stereocenters. The highest BCUT2D eigenvalue weighted by Crippen LogP contribution is 2.42. The molecule has 2 aliphatic rings. The van der Waals surface area contributed by atoms with Crippen molar-refractivity contribution in [2.75, 3.05) is 13.3 Å². The number of halogens is 1. The van der Waals surface area contributed by atoms with E-state index in [1.807, 2.05) is 42.5 Å². The van der Waals surface area contributed by atoms with Gasteiger partial charge >= 0.3 is 0 Å². The molecular formula is C26H22BrNO3. The van der Waals surface area contributed by atoms with Crippen LogP contribution in [0.5, 0.6) is 11.5 Å². The molecule has 5 heteroatoms. The molecule has 5 rings (SSSR count). The number of allylic oxidation sites excluding steroid dienone is 1. The van der Waals surface area contributed by atoms with Crippen molar-refractivity contribution in [2.24, 2.45) is 0 Å². The lowest BCUT2D eigenvalue weighted by molar-refractivity contribution is 0.0928. The zero-order chi connectivity index (χ0) is 21.2. The first-order valence-electron chi connectivity index (χ1n) is 10.4. The third-order valence-electron chi connectivity index (χ3n) is 5.66. The summed E-state index contributed by atoms with van der Waals surface area (Å²) >= 11 is 3.53. The third kappa shape index (κ3) is 4.16. The van der Waals surface area contributed by atoms with Gasteiger partial charge in [-0.25, -0.2) is 0 Å². The molecule has 0 amide bonds. The molecule has 0 bridgehead atoms. The van der Waals surface area contributed by atoms with Crippen molar-refractivity contribution in [3.63, 3.8) is 0 Å². The predicted molar refractivity (Wildman–Crippen MR) is 124 cm³/mol. The number of aryl methyl sites for hydroxylation is 1. The highest BCUT2D eigenvalue weighted by molar-refractivity contribution is 9.10. The van der Waals surface area contributed by atoms with Crippen LogP contribution in [-0.4, -0.2) is 24.0 Å². The minimum Gasteiger partial charge on any atom is -0.478 e. The summed E-state index contributed by atoms with van der Waals surface area (Å²) in [6.45, 7) is 2.18. The van der Waals surface area contributed by atoms with Crippen molar-refractivity contribution in [3.05, 3.63) is 99.2 Å². The highest BCUT2D eigenvalue weighted by Gasteiger charge is 2.33. The first kappa shape index (κ1) is 20.0. The monoisotopic (exact) mass is 475 g/mol. The zero-order valence-corrected chi connectivity index (χ0v) is 18.6. The molecule has 2 heterocycles. The van der Waals surface area contributed by atoms with Crippen LogP contribution in [0.1, 0.15) is 33.5 Å². The van der Waals surface area contributed by atoms with Gasteiger partial charge in [0, 0.05) is 17.6 Å². The maximum atomic E-state index is 12.9. The van der Waals surface area contributed by atoms with Gasteiger partial charge in [-0.1, -0.05) is 64.5 Å². The molecule has 0 radical (unpaired) electrons. The second kappa shape index (κ2) is 8.69. The van der Waals surface area contributed by atoms with Crippen molar-refractivity contribution in [2.45, 2.75) is 19.4 Å². The van der Waals surface area contributed by atoms with E-state index in [1.165, 1.54) is 5.56 Å². The Morgan fingerprint density at radius 2 is 1.81 bits per heavy atom. The number of carbonyl (C=O) groups excluding carboxylic acids is 1. The van der Waals surface area contributed by atoms with Crippen LogP contribution in [0.2, 0.25) is 0 Å². The number of ketones is 1. The number of nitrogens with zero attached hydrogens (tertiary/aromatic N) is 1. The highest BCUT2D eigenvalue weighted by atomic mass is 79.9. The van der Waals surface area contributed by atoms with Crippen LogP contribution in [0.25, 0.3) is 6.08 Å². The van der Waals surface area contributed by atoms with E-state index in [9.17, 15) is 4.79 Å². The van der Waals surface area contributed by atoms with Crippen LogP contribution in [0.4, 0.5) is 0 Å². The lowest BCUT2D eigenvalue weighted by Crippen LogP contribution is -2.33. The van der Waals surface area contributed by atoms with Crippen LogP contribution in [0.3, 0.4) is 0 Å². The Morgan fingerprint density at radius 3 is 2.65 bits per heavy atom. The van der Waals surface area contributed by atoms with E-state index < -0.39 is 0 Å². The summed E-state index contributed by atoms with van der Waals surface area (Å²) in [7, 11) is 0. The second-order valence-corrected chi connectivity index (χ2v) is 8.65. The van der Waals surface area contributed by atoms with Crippen molar-refractivity contribution in [3.8, 4) is 11.5 Å². The second-order valence-electron chi connectivity index (χ2n) is 7.80. The molecule has 0 saturated heterocycles. The van der Waals surface area contributed by atoms with E-state index in [0.29, 0.717) is 30.3 Å². The van der Waals surface area contributed by atoms with Gasteiger partial charge in [-0.3, -0.25) is 9.69 Å². The number of ether oxygens (including phenoxy) is 2. The quantitative estimate of drug-likeness (QED) is 0.433. The van der Waals surface area contributed by atoms with E-state index in [0.717, 1.165) is 40.7 Å². The maximum Gasteiger partial charge on any atom is 0.231 e. The van der Waals surface area contributed by atoms with Gasteiger partial charge in [0.2, 0.25) is 5.78 Å². The molecule has 4 nitrogen and oxygen atoms in total. The molecule has 0 N–H and O–H groups in total. The molecule has 2 aliphatic heterocycles. The number of carbonyl (C=O) groups is 1. The standard InChI is InChI=1S/C26H22BrNO3/c27-22-11-5-4-10-19(22)15-24-25(29)20-12-13-23-21(26(20)31-24)16-28(17-30-23)14-6-9-18-7-2-1-3-8-18/h1-5,7-8,10-13,15H,6,9,14,16-17H2/b24-15-. The Balaban J connectivity index is 1.33. The zero-order valence-electron chi connectivity index (χ0n) is 17.0. The van der Waals surface area contributed by atoms with E-state index in [4.69, 9.17) is 9.47 Å². The molecule has 31 heavy (non-hydrogen) atoms. The fourth-order valence-corrected chi connectivity index (χ4v) is 4.43. The Bertz CT molecular complexity index is 1160. The van der Waals surface area contributed by atoms with E-state index in [1.54, 1.807) is 6.08 Å². The van der Waals surface area contributed by atoms with Gasteiger partial charge in [0.15, 0.2) is 5.76 Å². The van der Waals surface area contributed by atoms with Crippen LogP contribution < -0.4 is 9.47 Å². The summed E-state index contributed by atoms with van der Waals surface area (Å²) < 4.78 is 13.0. The Morgan fingerprint density at radius 1 is 1.00 bits per heavy atom. The van der Waals surface area contributed by atoms with Gasteiger partial charge in [-0.2, -0.15) is 0 Å². The third-order valence-corrected chi connectivity index (χ3v) is 6.38. The fraction of sp³-hybridized carbons (Fsp3) is 0.192. The molecule has 156 valence electrons. The number of benzene rings is 3. The predicted octanol–water partition coefficient (Wildman–Crippen LogP) is 5.85. The molecule has 0 atom stereocenters. The molecule has 0 aromatic heterocycles. The SMILES string of the molecule is O=C1/C(=C/c2ccccc2Br)Oc2c1ccc1c2CN(CCCc2ccccc2)CO1. The number of fused-ring (bicyclic) bond motifs is 3. The molecule has 3 aromatic rings. The maximum absolute atomic E-state index is 12.9. The van der Waals surface area contributed by atoms with Crippen LogP contribution in [0, 0.1) is 0 Å². The number of Topliss-reactive ketones (excluding diaryl/α,β-unsaturated/α-hetero) is 1. The average molecular weight is 476 g/mol. The van der Waals surface area contributed by atoms with Crippen LogP contribution >= 0.6 is 15.9 Å².